The Balaban J connectivity index is 1.72. The van der Waals surface area contributed by atoms with Gasteiger partial charge in [-0.1, -0.05) is 0 Å². The first-order chi connectivity index (χ1) is 13.5. The first kappa shape index (κ1) is 16.6. The maximum Gasteiger partial charge on any atom is 0.312 e. The first-order valence-electron chi connectivity index (χ1n) is 8.90. The summed E-state index contributed by atoms with van der Waals surface area (Å²) in [5, 5.41) is 0.725. The van der Waals surface area contributed by atoms with Gasteiger partial charge in [-0.25, -0.2) is 0 Å². The molecule has 0 saturated carbocycles. The molecule has 28 heavy (non-hydrogen) atoms. The van der Waals surface area contributed by atoms with Gasteiger partial charge >= 0.3 is 5.97 Å². The number of H-pyrrole nitrogens is 2. The Hall–Kier alpha value is -3.55. The number of aromatic nitrogens is 2. The SMILES string of the molecule is Cc1cc2c(c(=O)[nH]1)[C@@H](c1cc3cc4c(cc3[nH]c1=O)OCCO4)CC(=O)O2. The number of ether oxygens (including phenoxy) is 3. The van der Waals surface area contributed by atoms with Crippen molar-refractivity contribution in [1.29, 1.82) is 0 Å². The second kappa shape index (κ2) is 5.98. The fourth-order valence-corrected chi connectivity index (χ4v) is 3.80. The number of esters is 1. The zero-order chi connectivity index (χ0) is 19.4. The smallest absolute Gasteiger partial charge is 0.312 e. The number of aryl methyl sites for hydroxylation is 1. The quantitative estimate of drug-likeness (QED) is 0.622. The molecular formula is C20H16N2O6. The monoisotopic (exact) mass is 380 g/mol. The van der Waals surface area contributed by atoms with E-state index in [1.54, 1.807) is 31.2 Å². The summed E-state index contributed by atoms with van der Waals surface area (Å²) in [5.74, 6) is 0.185. The Morgan fingerprint density at radius 2 is 1.64 bits per heavy atom. The Morgan fingerprint density at radius 3 is 2.43 bits per heavy atom. The Labute approximate surface area is 158 Å². The largest absolute Gasteiger partial charge is 0.486 e. The molecule has 142 valence electrons. The Kier molecular flexibility index (Phi) is 3.55. The third-order valence-corrected chi connectivity index (χ3v) is 5.02. The van der Waals surface area contributed by atoms with Crippen molar-refractivity contribution < 1.29 is 19.0 Å². The highest BCUT2D eigenvalue weighted by Crippen LogP contribution is 2.38. The van der Waals surface area contributed by atoms with E-state index in [0.717, 1.165) is 5.39 Å². The normalized spacial score (nSPS) is 17.9. The van der Waals surface area contributed by atoms with Crippen LogP contribution in [-0.4, -0.2) is 29.2 Å². The van der Waals surface area contributed by atoms with Crippen LogP contribution in [-0.2, 0) is 4.79 Å². The fourth-order valence-electron chi connectivity index (χ4n) is 3.80. The molecule has 2 N–H and O–H groups in total. The van der Waals surface area contributed by atoms with Gasteiger partial charge in [0.05, 0.1) is 17.5 Å². The molecule has 1 aromatic carbocycles. The van der Waals surface area contributed by atoms with Crippen LogP contribution < -0.4 is 25.3 Å². The topological polar surface area (TPSA) is 110 Å². The number of pyridine rings is 2. The number of benzene rings is 1. The van der Waals surface area contributed by atoms with Crippen molar-refractivity contribution in [1.82, 2.24) is 9.97 Å². The molecule has 0 spiro atoms. The highest BCUT2D eigenvalue weighted by molar-refractivity contribution is 5.84. The minimum Gasteiger partial charge on any atom is -0.486 e. The predicted molar refractivity (Wildman–Crippen MR) is 99.5 cm³/mol. The van der Waals surface area contributed by atoms with E-state index in [1.165, 1.54) is 0 Å². The van der Waals surface area contributed by atoms with Crippen molar-refractivity contribution in [3.05, 3.63) is 61.8 Å². The number of fused-ring (bicyclic) bond motifs is 3. The summed E-state index contributed by atoms with van der Waals surface area (Å²) in [4.78, 5) is 43.0. The van der Waals surface area contributed by atoms with Crippen LogP contribution in [0, 0.1) is 6.92 Å². The summed E-state index contributed by atoms with van der Waals surface area (Å²) >= 11 is 0. The van der Waals surface area contributed by atoms with E-state index >= 15 is 0 Å². The number of hydrogen-bond donors (Lipinski definition) is 2. The van der Waals surface area contributed by atoms with Gasteiger partial charge in [0.2, 0.25) is 0 Å². The van der Waals surface area contributed by atoms with E-state index in [0.29, 0.717) is 41.5 Å². The van der Waals surface area contributed by atoms with Crippen LogP contribution in [0.3, 0.4) is 0 Å². The lowest BCUT2D eigenvalue weighted by molar-refractivity contribution is -0.135. The molecule has 2 aliphatic heterocycles. The average molecular weight is 380 g/mol. The summed E-state index contributed by atoms with van der Waals surface area (Å²) in [6.07, 6.45) is -0.0850. The fraction of sp³-hybridized carbons (Fsp3) is 0.250. The van der Waals surface area contributed by atoms with E-state index in [4.69, 9.17) is 14.2 Å². The van der Waals surface area contributed by atoms with Crippen molar-refractivity contribution >= 4 is 16.9 Å². The third-order valence-electron chi connectivity index (χ3n) is 5.02. The Morgan fingerprint density at radius 1 is 0.893 bits per heavy atom. The number of carbonyl (C=O) groups excluding carboxylic acids is 1. The van der Waals surface area contributed by atoms with Gasteiger partial charge < -0.3 is 24.2 Å². The van der Waals surface area contributed by atoms with Crippen molar-refractivity contribution in [2.75, 3.05) is 13.2 Å². The number of nitrogens with one attached hydrogen (secondary N) is 2. The molecule has 2 aromatic heterocycles. The minimum atomic E-state index is -0.693. The molecule has 0 radical (unpaired) electrons. The molecule has 8 nitrogen and oxygen atoms in total. The van der Waals surface area contributed by atoms with E-state index in [1.807, 2.05) is 0 Å². The zero-order valence-electron chi connectivity index (χ0n) is 15.0. The second-order valence-corrected chi connectivity index (χ2v) is 6.93. The molecule has 3 aromatic rings. The molecule has 5 rings (SSSR count). The molecule has 2 aliphatic rings. The van der Waals surface area contributed by atoms with Crippen molar-refractivity contribution in [3.8, 4) is 17.2 Å². The van der Waals surface area contributed by atoms with Crippen LogP contribution >= 0.6 is 0 Å². The van der Waals surface area contributed by atoms with Gasteiger partial charge in [-0.05, 0) is 19.1 Å². The molecule has 1 atom stereocenters. The molecule has 0 aliphatic carbocycles. The maximum atomic E-state index is 12.8. The van der Waals surface area contributed by atoms with Crippen LogP contribution in [0.5, 0.6) is 17.2 Å². The maximum absolute atomic E-state index is 12.8. The summed E-state index contributed by atoms with van der Waals surface area (Å²) < 4.78 is 16.4. The lowest BCUT2D eigenvalue weighted by atomic mass is 9.87. The van der Waals surface area contributed by atoms with E-state index in [-0.39, 0.29) is 28.9 Å². The van der Waals surface area contributed by atoms with Gasteiger partial charge in [-0.3, -0.25) is 14.4 Å². The number of carbonyl (C=O) groups is 1. The average Bonchev–Trinajstić information content (AvgIpc) is 2.64. The van der Waals surface area contributed by atoms with Gasteiger partial charge in [0.1, 0.15) is 19.0 Å². The van der Waals surface area contributed by atoms with E-state index in [2.05, 4.69) is 9.97 Å². The molecule has 0 amide bonds. The highest BCUT2D eigenvalue weighted by Gasteiger charge is 2.33. The molecule has 0 fully saturated rings. The zero-order valence-corrected chi connectivity index (χ0v) is 15.0. The Bertz CT molecular complexity index is 1260. The van der Waals surface area contributed by atoms with Gasteiger partial charge in [-0.15, -0.1) is 0 Å². The van der Waals surface area contributed by atoms with Crippen LogP contribution in [0.15, 0.2) is 33.9 Å². The molecule has 8 heteroatoms. The van der Waals surface area contributed by atoms with Gasteiger partial charge in [0, 0.05) is 34.7 Å². The van der Waals surface area contributed by atoms with Gasteiger partial charge in [0.25, 0.3) is 11.1 Å². The second-order valence-electron chi connectivity index (χ2n) is 6.93. The molecule has 4 heterocycles. The lowest BCUT2D eigenvalue weighted by Gasteiger charge is -2.24. The standard InChI is InChI=1S/C20H16N2O6/c1-9-4-16-18(20(25)21-9)11(7-17(23)28-16)12-5-10-6-14-15(27-3-2-26-14)8-13(10)22-19(12)24/h4-6,8,11H,2-3,7H2,1H3,(H,21,25)(H,22,24)/t11-/m1/s1. The van der Waals surface area contributed by atoms with Gasteiger partial charge in [-0.2, -0.15) is 0 Å². The van der Waals surface area contributed by atoms with Crippen LogP contribution in [0.2, 0.25) is 0 Å². The van der Waals surface area contributed by atoms with E-state index in [9.17, 15) is 14.4 Å². The summed E-state index contributed by atoms with van der Waals surface area (Å²) in [6, 6.07) is 6.79. The number of aromatic amines is 2. The summed E-state index contributed by atoms with van der Waals surface area (Å²) in [5.41, 5.74) is 1.05. The van der Waals surface area contributed by atoms with E-state index < -0.39 is 11.9 Å². The summed E-state index contributed by atoms with van der Waals surface area (Å²) in [7, 11) is 0. The predicted octanol–water partition coefficient (Wildman–Crippen LogP) is 1.74. The van der Waals surface area contributed by atoms with Crippen LogP contribution in [0.4, 0.5) is 0 Å². The van der Waals surface area contributed by atoms with Crippen molar-refractivity contribution in [2.45, 2.75) is 19.3 Å². The summed E-state index contributed by atoms with van der Waals surface area (Å²) in [6.45, 7) is 2.60. The first-order valence-corrected chi connectivity index (χ1v) is 8.90. The molecular weight excluding hydrogens is 364 g/mol. The number of hydrogen-bond acceptors (Lipinski definition) is 6. The van der Waals surface area contributed by atoms with Crippen LogP contribution in [0.25, 0.3) is 10.9 Å². The third kappa shape index (κ3) is 2.57. The molecule has 0 saturated heterocycles. The molecule has 0 bridgehead atoms. The molecule has 0 unspecified atom stereocenters. The number of rotatable bonds is 1. The minimum absolute atomic E-state index is 0.0850. The van der Waals surface area contributed by atoms with Crippen molar-refractivity contribution in [3.63, 3.8) is 0 Å². The van der Waals surface area contributed by atoms with Gasteiger partial charge in [0.15, 0.2) is 11.5 Å². The lowest BCUT2D eigenvalue weighted by Crippen LogP contribution is -2.31. The van der Waals surface area contributed by atoms with Crippen LogP contribution in [0.1, 0.15) is 29.2 Å². The highest BCUT2D eigenvalue weighted by atomic mass is 16.6. The van der Waals surface area contributed by atoms with Crippen molar-refractivity contribution in [2.24, 2.45) is 0 Å².